The summed E-state index contributed by atoms with van der Waals surface area (Å²) >= 11 is 0. The third-order valence-electron chi connectivity index (χ3n) is 2.90. The normalized spacial score (nSPS) is 10.1. The highest BCUT2D eigenvalue weighted by atomic mass is 16.3. The van der Waals surface area contributed by atoms with Crippen LogP contribution in [-0.2, 0) is 18.1 Å². The van der Waals surface area contributed by atoms with Crippen molar-refractivity contribution < 1.29 is 9.90 Å². The van der Waals surface area contributed by atoms with Gasteiger partial charge in [0.05, 0.1) is 6.61 Å². The molecule has 2 aromatic carbocycles. The van der Waals surface area contributed by atoms with Gasteiger partial charge in [0.1, 0.15) is 0 Å². The summed E-state index contributed by atoms with van der Waals surface area (Å²) in [7, 11) is 0. The van der Waals surface area contributed by atoms with Crippen molar-refractivity contribution in [2.75, 3.05) is 11.9 Å². The minimum absolute atomic E-state index is 0.121. The molecular formula is C16H17N2O2. The van der Waals surface area contributed by atoms with Crippen molar-refractivity contribution in [2.45, 2.75) is 13.0 Å². The molecule has 2 rings (SSSR count). The van der Waals surface area contributed by atoms with Crippen molar-refractivity contribution in [1.82, 2.24) is 5.32 Å². The topological polar surface area (TPSA) is 61.0 Å². The predicted octanol–water partition coefficient (Wildman–Crippen LogP) is 2.98. The zero-order chi connectivity index (χ0) is 14.2. The highest BCUT2D eigenvalue weighted by Crippen LogP contribution is 2.09. The molecule has 0 saturated carbocycles. The van der Waals surface area contributed by atoms with Gasteiger partial charge in [0.15, 0.2) is 0 Å². The van der Waals surface area contributed by atoms with Crippen LogP contribution in [0.15, 0.2) is 54.6 Å². The molecule has 0 bridgehead atoms. The molecule has 0 spiro atoms. The number of nitrogens with one attached hydrogen (secondary N) is 2. The Morgan fingerprint density at radius 2 is 1.60 bits per heavy atom. The van der Waals surface area contributed by atoms with Crippen LogP contribution in [0.3, 0.4) is 0 Å². The first kappa shape index (κ1) is 14.1. The molecule has 4 nitrogen and oxygen atoms in total. The van der Waals surface area contributed by atoms with E-state index in [1.807, 2.05) is 42.5 Å². The van der Waals surface area contributed by atoms with Crippen LogP contribution < -0.4 is 10.6 Å². The standard InChI is InChI=1S/C16H17N2O2/c19-11-10-13-6-8-15(9-7-13)18-16(20)17-12-14-4-2-1-3-5-14/h1-9H,10-12H2,(H2,17,18,20). The molecule has 0 aliphatic heterocycles. The van der Waals surface area contributed by atoms with Gasteiger partial charge in [-0.3, -0.25) is 0 Å². The Kier molecular flexibility index (Phi) is 5.15. The monoisotopic (exact) mass is 269 g/mol. The molecule has 0 aromatic heterocycles. The molecule has 1 radical (unpaired) electrons. The lowest BCUT2D eigenvalue weighted by atomic mass is 10.1. The number of hydrogen-bond acceptors (Lipinski definition) is 1. The molecule has 2 amide bonds. The lowest BCUT2D eigenvalue weighted by Gasteiger charge is -2.08. The van der Waals surface area contributed by atoms with Crippen LogP contribution in [0.1, 0.15) is 11.1 Å². The first-order chi connectivity index (χ1) is 9.78. The second kappa shape index (κ2) is 7.31. The number of anilines is 1. The number of urea groups is 1. The van der Waals surface area contributed by atoms with E-state index in [1.165, 1.54) is 0 Å². The van der Waals surface area contributed by atoms with Crippen molar-refractivity contribution in [3.05, 3.63) is 65.7 Å². The number of amides is 2. The number of hydrogen-bond donors (Lipinski definition) is 2. The lowest BCUT2D eigenvalue weighted by Crippen LogP contribution is -2.28. The van der Waals surface area contributed by atoms with Crippen LogP contribution in [0.25, 0.3) is 0 Å². The van der Waals surface area contributed by atoms with E-state index in [0.717, 1.165) is 11.1 Å². The van der Waals surface area contributed by atoms with Gasteiger partial charge >= 0.3 is 6.03 Å². The molecule has 0 fully saturated rings. The van der Waals surface area contributed by atoms with Crippen molar-refractivity contribution >= 4 is 11.7 Å². The molecule has 0 atom stereocenters. The largest absolute Gasteiger partial charge is 0.334 e. The lowest BCUT2D eigenvalue weighted by molar-refractivity contribution is 0.197. The van der Waals surface area contributed by atoms with Crippen LogP contribution in [0.4, 0.5) is 10.5 Å². The molecule has 0 unspecified atom stereocenters. The van der Waals surface area contributed by atoms with Crippen LogP contribution in [0.2, 0.25) is 0 Å². The Bertz CT molecular complexity index is 538. The SMILES string of the molecule is [O]CCc1ccc(NC(=O)NCc2ccccc2)cc1. The van der Waals surface area contributed by atoms with Gasteiger partial charge in [0.2, 0.25) is 0 Å². The van der Waals surface area contributed by atoms with Gasteiger partial charge < -0.3 is 10.6 Å². The van der Waals surface area contributed by atoms with Crippen LogP contribution in [0.5, 0.6) is 0 Å². The van der Waals surface area contributed by atoms with E-state index >= 15 is 0 Å². The van der Waals surface area contributed by atoms with Crippen molar-refractivity contribution in [2.24, 2.45) is 0 Å². The quantitative estimate of drug-likeness (QED) is 0.861. The number of benzene rings is 2. The van der Waals surface area contributed by atoms with Crippen molar-refractivity contribution in [3.63, 3.8) is 0 Å². The molecule has 0 saturated heterocycles. The zero-order valence-electron chi connectivity index (χ0n) is 11.1. The number of rotatable bonds is 5. The minimum atomic E-state index is -0.245. The molecule has 103 valence electrons. The van der Waals surface area contributed by atoms with Crippen LogP contribution in [-0.4, -0.2) is 12.6 Å². The van der Waals surface area contributed by atoms with Gasteiger partial charge in [-0.25, -0.2) is 9.90 Å². The van der Waals surface area contributed by atoms with Gasteiger partial charge in [-0.05, 0) is 29.7 Å². The van der Waals surface area contributed by atoms with Crippen molar-refractivity contribution in [3.8, 4) is 0 Å². The van der Waals surface area contributed by atoms with E-state index in [-0.39, 0.29) is 12.6 Å². The fourth-order valence-corrected chi connectivity index (χ4v) is 1.83. The van der Waals surface area contributed by atoms with Gasteiger partial charge in [0.25, 0.3) is 0 Å². The van der Waals surface area contributed by atoms with Crippen molar-refractivity contribution in [1.29, 1.82) is 0 Å². The Morgan fingerprint density at radius 1 is 0.900 bits per heavy atom. The molecule has 0 heterocycles. The van der Waals surface area contributed by atoms with Gasteiger partial charge in [-0.1, -0.05) is 42.5 Å². The zero-order valence-corrected chi connectivity index (χ0v) is 11.1. The Hall–Kier alpha value is -2.33. The van der Waals surface area contributed by atoms with E-state index in [0.29, 0.717) is 18.7 Å². The summed E-state index contributed by atoms with van der Waals surface area (Å²) in [5.41, 5.74) is 2.74. The van der Waals surface area contributed by atoms with E-state index in [2.05, 4.69) is 10.6 Å². The molecule has 2 aromatic rings. The number of carbonyl (C=O) groups excluding carboxylic acids is 1. The molecular weight excluding hydrogens is 252 g/mol. The van der Waals surface area contributed by atoms with E-state index < -0.39 is 0 Å². The summed E-state index contributed by atoms with van der Waals surface area (Å²) in [5, 5.41) is 16.0. The third-order valence-corrected chi connectivity index (χ3v) is 2.90. The van der Waals surface area contributed by atoms with Crippen LogP contribution in [0, 0.1) is 0 Å². The fourth-order valence-electron chi connectivity index (χ4n) is 1.83. The molecule has 0 aliphatic rings. The maximum atomic E-state index is 11.7. The Morgan fingerprint density at radius 3 is 2.25 bits per heavy atom. The summed E-state index contributed by atoms with van der Waals surface area (Å²) in [6.45, 7) is 0.366. The Labute approximate surface area is 118 Å². The first-order valence-electron chi connectivity index (χ1n) is 6.54. The van der Waals surface area contributed by atoms with Gasteiger partial charge in [0, 0.05) is 12.2 Å². The van der Waals surface area contributed by atoms with Gasteiger partial charge in [-0.2, -0.15) is 0 Å². The highest BCUT2D eigenvalue weighted by molar-refractivity contribution is 5.89. The summed E-state index contributed by atoms with van der Waals surface area (Å²) in [5.74, 6) is 0. The van der Waals surface area contributed by atoms with Gasteiger partial charge in [-0.15, -0.1) is 0 Å². The second-order valence-corrected chi connectivity index (χ2v) is 4.44. The minimum Gasteiger partial charge on any atom is -0.334 e. The highest BCUT2D eigenvalue weighted by Gasteiger charge is 2.01. The average molecular weight is 269 g/mol. The summed E-state index contributed by atoms with van der Waals surface area (Å²) in [4.78, 5) is 11.7. The van der Waals surface area contributed by atoms with Crippen LogP contribution >= 0.6 is 0 Å². The molecule has 4 heteroatoms. The molecule has 20 heavy (non-hydrogen) atoms. The summed E-state index contributed by atoms with van der Waals surface area (Å²) < 4.78 is 0. The maximum absolute atomic E-state index is 11.7. The number of carbonyl (C=O) groups is 1. The summed E-state index contributed by atoms with van der Waals surface area (Å²) in [6.07, 6.45) is 0.514. The van der Waals surface area contributed by atoms with E-state index in [9.17, 15) is 9.90 Å². The predicted molar refractivity (Wildman–Crippen MR) is 78.0 cm³/mol. The van der Waals surface area contributed by atoms with E-state index in [4.69, 9.17) is 0 Å². The van der Waals surface area contributed by atoms with E-state index in [1.54, 1.807) is 12.1 Å². The fraction of sp³-hybridized carbons (Fsp3) is 0.188. The summed E-state index contributed by atoms with van der Waals surface area (Å²) in [6, 6.07) is 16.8. The second-order valence-electron chi connectivity index (χ2n) is 4.44. The smallest absolute Gasteiger partial charge is 0.319 e. The molecule has 2 N–H and O–H groups in total. The Balaban J connectivity index is 1.82. The molecule has 0 aliphatic carbocycles. The average Bonchev–Trinajstić information content (AvgIpc) is 2.49. The maximum Gasteiger partial charge on any atom is 0.319 e. The third kappa shape index (κ3) is 4.40. The first-order valence-corrected chi connectivity index (χ1v) is 6.54.